The molecule has 0 fully saturated rings. The molecule has 0 radical (unpaired) electrons. The number of carbonyl (C=O) groups is 3. The van der Waals surface area contributed by atoms with Gasteiger partial charge in [-0.3, -0.25) is 9.59 Å². The molecule has 3 atom stereocenters. The maximum atomic E-state index is 12.3. The van der Waals surface area contributed by atoms with Crippen molar-refractivity contribution < 1.29 is 24.0 Å². The van der Waals surface area contributed by atoms with Crippen molar-refractivity contribution in [3.63, 3.8) is 0 Å². The number of methoxy groups -OCH3 is 1. The van der Waals surface area contributed by atoms with Gasteiger partial charge in [0.25, 0.3) is 11.8 Å². The third-order valence-corrected chi connectivity index (χ3v) is 4.40. The van der Waals surface area contributed by atoms with E-state index in [4.69, 9.17) is 4.74 Å². The zero-order valence-electron chi connectivity index (χ0n) is 16.2. The lowest BCUT2D eigenvalue weighted by Crippen LogP contribution is -3.09. The molecular weight excluding hydrogens is 334 g/mol. The Morgan fingerprint density at radius 1 is 1.19 bits per heavy atom. The van der Waals surface area contributed by atoms with Crippen LogP contribution in [0.25, 0.3) is 0 Å². The number of likely N-dealkylation sites (N-methyl/N-ethyl adjacent to an activating group) is 1. The Bertz CT molecular complexity index is 616. The molecule has 1 rings (SSSR count). The number of benzene rings is 1. The third kappa shape index (κ3) is 6.48. The number of hydrogen-bond donors (Lipinski definition) is 3. The third-order valence-electron chi connectivity index (χ3n) is 4.40. The fourth-order valence-corrected chi connectivity index (χ4v) is 2.62. The summed E-state index contributed by atoms with van der Waals surface area (Å²) in [6, 6.07) is 6.65. The average molecular weight is 364 g/mol. The fourth-order valence-electron chi connectivity index (χ4n) is 2.62. The first kappa shape index (κ1) is 21.6. The van der Waals surface area contributed by atoms with Crippen molar-refractivity contribution in [1.29, 1.82) is 0 Å². The number of rotatable bonds is 9. The van der Waals surface area contributed by atoms with Crippen LogP contribution in [0.1, 0.15) is 36.2 Å². The van der Waals surface area contributed by atoms with E-state index in [9.17, 15) is 14.4 Å². The highest BCUT2D eigenvalue weighted by Gasteiger charge is 2.27. The van der Waals surface area contributed by atoms with Crippen LogP contribution in [0.3, 0.4) is 0 Å². The van der Waals surface area contributed by atoms with Crippen molar-refractivity contribution in [2.24, 2.45) is 5.92 Å². The van der Waals surface area contributed by atoms with Crippen LogP contribution in [0.4, 0.5) is 0 Å². The minimum Gasteiger partial charge on any atom is -0.467 e. The van der Waals surface area contributed by atoms with E-state index in [-0.39, 0.29) is 24.3 Å². The highest BCUT2D eigenvalue weighted by molar-refractivity contribution is 5.93. The minimum absolute atomic E-state index is 0.00367. The molecule has 0 aromatic heterocycles. The topological polar surface area (TPSA) is 88.9 Å². The highest BCUT2D eigenvalue weighted by atomic mass is 16.5. The summed E-state index contributed by atoms with van der Waals surface area (Å²) in [5.74, 6) is -0.741. The van der Waals surface area contributed by atoms with E-state index in [1.54, 1.807) is 19.2 Å². The van der Waals surface area contributed by atoms with Crippen LogP contribution in [-0.4, -0.2) is 51.6 Å². The molecular formula is C19H30N3O4+. The summed E-state index contributed by atoms with van der Waals surface area (Å²) in [6.45, 7) is 4.74. The molecule has 1 aromatic rings. The van der Waals surface area contributed by atoms with E-state index >= 15 is 0 Å². The molecule has 7 heteroatoms. The molecule has 0 saturated carbocycles. The van der Waals surface area contributed by atoms with E-state index in [1.807, 2.05) is 33.0 Å². The fraction of sp³-hybridized carbons (Fsp3) is 0.526. The molecule has 0 aliphatic carbocycles. The van der Waals surface area contributed by atoms with Crippen molar-refractivity contribution in [2.45, 2.75) is 32.9 Å². The molecule has 0 bridgehead atoms. The lowest BCUT2D eigenvalue weighted by atomic mass is 9.99. The number of quaternary nitrogens is 1. The standard InChI is InChI=1S/C19H29N3O4/c1-6-13(2)17(19(25)26-5)21-16(23)12-22(4)11-14-7-9-15(10-8-14)18(24)20-3/h7-10,13,17H,6,11-12H2,1-5H3,(H,20,24)(H,21,23)/p+1/t13-,17+/m0/s1. The quantitative estimate of drug-likeness (QED) is 0.528. The van der Waals surface area contributed by atoms with Gasteiger partial charge in [-0.1, -0.05) is 32.4 Å². The van der Waals surface area contributed by atoms with Crippen molar-refractivity contribution in [1.82, 2.24) is 10.6 Å². The SMILES string of the molecule is CC[C@H](C)[C@@H](NC(=O)C[NH+](C)Cc1ccc(C(=O)NC)cc1)C(=O)OC. The summed E-state index contributed by atoms with van der Waals surface area (Å²) in [6.07, 6.45) is 0.764. The molecule has 3 N–H and O–H groups in total. The van der Waals surface area contributed by atoms with Gasteiger partial charge in [-0.2, -0.15) is 0 Å². The number of hydrogen-bond acceptors (Lipinski definition) is 4. The van der Waals surface area contributed by atoms with Crippen molar-refractivity contribution in [2.75, 3.05) is 27.7 Å². The first-order valence-electron chi connectivity index (χ1n) is 8.81. The highest BCUT2D eigenvalue weighted by Crippen LogP contribution is 2.09. The minimum atomic E-state index is -0.628. The number of amides is 2. The predicted molar refractivity (Wildman–Crippen MR) is 98.7 cm³/mol. The number of ether oxygens (including phenoxy) is 1. The Morgan fingerprint density at radius 3 is 2.31 bits per heavy atom. The summed E-state index contributed by atoms with van der Waals surface area (Å²) in [5, 5.41) is 5.36. The predicted octanol–water partition coefficient (Wildman–Crippen LogP) is -0.235. The summed E-state index contributed by atoms with van der Waals surface area (Å²) in [4.78, 5) is 36.7. The summed E-state index contributed by atoms with van der Waals surface area (Å²) in [5.41, 5.74) is 1.62. The monoisotopic (exact) mass is 364 g/mol. The van der Waals surface area contributed by atoms with Gasteiger partial charge in [-0.15, -0.1) is 0 Å². The van der Waals surface area contributed by atoms with Gasteiger partial charge in [0, 0.05) is 18.2 Å². The second kappa shape index (κ2) is 10.6. The molecule has 0 spiro atoms. The van der Waals surface area contributed by atoms with Crippen LogP contribution >= 0.6 is 0 Å². The average Bonchev–Trinajstić information content (AvgIpc) is 2.64. The van der Waals surface area contributed by atoms with Gasteiger partial charge in [-0.25, -0.2) is 4.79 Å². The molecule has 1 unspecified atom stereocenters. The molecule has 0 aliphatic rings. The second-order valence-electron chi connectivity index (χ2n) is 6.54. The molecule has 0 saturated heterocycles. The molecule has 0 heterocycles. The number of carbonyl (C=O) groups excluding carboxylic acids is 3. The molecule has 1 aromatic carbocycles. The lowest BCUT2D eigenvalue weighted by Gasteiger charge is -2.22. The Morgan fingerprint density at radius 2 is 1.81 bits per heavy atom. The van der Waals surface area contributed by atoms with Crippen molar-refractivity contribution in [3.05, 3.63) is 35.4 Å². The van der Waals surface area contributed by atoms with Gasteiger partial charge in [0.2, 0.25) is 0 Å². The summed E-state index contributed by atoms with van der Waals surface area (Å²) in [7, 11) is 4.82. The first-order chi connectivity index (χ1) is 12.3. The van der Waals surface area contributed by atoms with Gasteiger partial charge in [0.05, 0.1) is 14.2 Å². The van der Waals surface area contributed by atoms with Crippen LogP contribution in [0, 0.1) is 5.92 Å². The maximum Gasteiger partial charge on any atom is 0.328 e. The Balaban J connectivity index is 2.60. The van der Waals surface area contributed by atoms with Gasteiger partial charge in [0.1, 0.15) is 12.6 Å². The smallest absolute Gasteiger partial charge is 0.328 e. The Hall–Kier alpha value is -2.41. The van der Waals surface area contributed by atoms with E-state index in [0.717, 1.165) is 16.9 Å². The van der Waals surface area contributed by atoms with Crippen LogP contribution in [0.2, 0.25) is 0 Å². The van der Waals surface area contributed by atoms with Crippen molar-refractivity contribution >= 4 is 17.8 Å². The summed E-state index contributed by atoms with van der Waals surface area (Å²) < 4.78 is 4.78. The van der Waals surface area contributed by atoms with Crippen molar-refractivity contribution in [3.8, 4) is 0 Å². The lowest BCUT2D eigenvalue weighted by molar-refractivity contribution is -0.885. The molecule has 26 heavy (non-hydrogen) atoms. The first-order valence-corrected chi connectivity index (χ1v) is 8.81. The van der Waals surface area contributed by atoms with E-state index in [0.29, 0.717) is 12.1 Å². The summed E-state index contributed by atoms with van der Waals surface area (Å²) >= 11 is 0. The van der Waals surface area contributed by atoms with Crippen LogP contribution in [-0.2, 0) is 20.9 Å². The van der Waals surface area contributed by atoms with Crippen LogP contribution in [0.15, 0.2) is 24.3 Å². The van der Waals surface area contributed by atoms with Gasteiger partial charge >= 0.3 is 5.97 Å². The zero-order valence-corrected chi connectivity index (χ0v) is 16.2. The Labute approximate surface area is 155 Å². The van der Waals surface area contributed by atoms with E-state index < -0.39 is 12.0 Å². The van der Waals surface area contributed by atoms with Gasteiger partial charge in [-0.05, 0) is 18.1 Å². The number of nitrogens with one attached hydrogen (secondary N) is 3. The zero-order chi connectivity index (χ0) is 19.7. The van der Waals surface area contributed by atoms with Gasteiger partial charge < -0.3 is 20.3 Å². The molecule has 2 amide bonds. The molecule has 7 nitrogen and oxygen atoms in total. The van der Waals surface area contributed by atoms with Crippen LogP contribution in [0.5, 0.6) is 0 Å². The van der Waals surface area contributed by atoms with Gasteiger partial charge in [0.15, 0.2) is 6.54 Å². The maximum absolute atomic E-state index is 12.3. The second-order valence-corrected chi connectivity index (χ2v) is 6.54. The normalized spacial score (nSPS) is 14.0. The van der Waals surface area contributed by atoms with E-state index in [2.05, 4.69) is 10.6 Å². The largest absolute Gasteiger partial charge is 0.467 e. The number of esters is 1. The van der Waals surface area contributed by atoms with E-state index in [1.165, 1.54) is 7.11 Å². The Kier molecular flexibility index (Phi) is 8.78. The van der Waals surface area contributed by atoms with Crippen LogP contribution < -0.4 is 15.5 Å². The molecule has 144 valence electrons. The molecule has 0 aliphatic heterocycles.